The van der Waals surface area contributed by atoms with Gasteiger partial charge in [0.25, 0.3) is 5.91 Å². The highest BCUT2D eigenvalue weighted by Gasteiger charge is 2.27. The van der Waals surface area contributed by atoms with E-state index in [0.717, 1.165) is 31.2 Å². The Morgan fingerprint density at radius 1 is 1.20 bits per heavy atom. The van der Waals surface area contributed by atoms with Crippen molar-refractivity contribution in [3.63, 3.8) is 0 Å². The predicted molar refractivity (Wildman–Crippen MR) is 91.6 cm³/mol. The molecule has 1 amide bonds. The molecule has 0 saturated carbocycles. The molecule has 1 aromatic heterocycles. The first-order valence-electron chi connectivity index (χ1n) is 8.34. The quantitative estimate of drug-likeness (QED) is 0.758. The van der Waals surface area contributed by atoms with Gasteiger partial charge in [0.2, 0.25) is 10.0 Å². The van der Waals surface area contributed by atoms with E-state index in [1.54, 1.807) is 24.6 Å². The lowest BCUT2D eigenvalue weighted by Gasteiger charge is -2.15. The van der Waals surface area contributed by atoms with E-state index in [1.807, 2.05) is 0 Å². The minimum Gasteiger partial charge on any atom is -0.364 e. The van der Waals surface area contributed by atoms with Gasteiger partial charge in [-0.1, -0.05) is 5.16 Å². The minimum absolute atomic E-state index is 0.213. The molecule has 0 atom stereocenters. The molecule has 134 valence electrons. The topological polar surface area (TPSA) is 92.5 Å². The van der Waals surface area contributed by atoms with Crippen LogP contribution in [0.4, 0.5) is 0 Å². The SMILES string of the molecule is O=C(NCCCc1cnoc1)c1ccc(S(=O)(=O)N2CCCC2)cc1. The Hall–Kier alpha value is -2.19. The van der Waals surface area contributed by atoms with E-state index >= 15 is 0 Å². The third-order valence-electron chi connectivity index (χ3n) is 4.23. The molecule has 3 rings (SSSR count). The molecule has 0 unspecified atom stereocenters. The number of amides is 1. The second kappa shape index (κ2) is 7.79. The maximum Gasteiger partial charge on any atom is 0.251 e. The van der Waals surface area contributed by atoms with Crippen LogP contribution in [0, 0.1) is 0 Å². The van der Waals surface area contributed by atoms with Gasteiger partial charge in [-0.05, 0) is 49.9 Å². The molecule has 7 nitrogen and oxygen atoms in total. The summed E-state index contributed by atoms with van der Waals surface area (Å²) >= 11 is 0. The van der Waals surface area contributed by atoms with Crippen LogP contribution < -0.4 is 5.32 Å². The van der Waals surface area contributed by atoms with Crippen molar-refractivity contribution >= 4 is 15.9 Å². The van der Waals surface area contributed by atoms with E-state index in [-0.39, 0.29) is 10.8 Å². The monoisotopic (exact) mass is 363 g/mol. The van der Waals surface area contributed by atoms with Gasteiger partial charge in [0.1, 0.15) is 6.26 Å². The molecule has 0 aliphatic carbocycles. The first-order chi connectivity index (χ1) is 12.1. The van der Waals surface area contributed by atoms with Gasteiger partial charge in [0, 0.05) is 30.8 Å². The number of carbonyl (C=O) groups excluding carboxylic acids is 1. The summed E-state index contributed by atoms with van der Waals surface area (Å²) in [6, 6.07) is 6.11. The Labute approximate surface area is 147 Å². The number of carbonyl (C=O) groups is 1. The second-order valence-corrected chi connectivity index (χ2v) is 7.97. The van der Waals surface area contributed by atoms with Gasteiger partial charge in [-0.25, -0.2) is 8.42 Å². The molecular formula is C17H21N3O4S. The van der Waals surface area contributed by atoms with Crippen molar-refractivity contribution in [3.05, 3.63) is 47.9 Å². The first kappa shape index (κ1) is 17.6. The van der Waals surface area contributed by atoms with Crippen LogP contribution in [-0.4, -0.2) is 43.4 Å². The Bertz CT molecular complexity index is 795. The molecule has 1 saturated heterocycles. The number of nitrogens with zero attached hydrogens (tertiary/aromatic N) is 2. The number of aromatic nitrogens is 1. The molecule has 8 heteroatoms. The lowest BCUT2D eigenvalue weighted by molar-refractivity contribution is 0.0953. The second-order valence-electron chi connectivity index (χ2n) is 6.03. The average molecular weight is 363 g/mol. The maximum absolute atomic E-state index is 12.5. The summed E-state index contributed by atoms with van der Waals surface area (Å²) in [5.74, 6) is -0.213. The highest BCUT2D eigenvalue weighted by Crippen LogP contribution is 2.21. The Balaban J connectivity index is 1.53. The zero-order valence-corrected chi connectivity index (χ0v) is 14.7. The van der Waals surface area contributed by atoms with Crippen LogP contribution in [0.25, 0.3) is 0 Å². The smallest absolute Gasteiger partial charge is 0.251 e. The fraction of sp³-hybridized carbons (Fsp3) is 0.412. The van der Waals surface area contributed by atoms with Crippen molar-refractivity contribution in [3.8, 4) is 0 Å². The largest absolute Gasteiger partial charge is 0.364 e. The van der Waals surface area contributed by atoms with Crippen LogP contribution in [0.5, 0.6) is 0 Å². The number of hydrogen-bond donors (Lipinski definition) is 1. The normalized spacial score (nSPS) is 15.4. The Morgan fingerprint density at radius 2 is 1.92 bits per heavy atom. The average Bonchev–Trinajstić information content (AvgIpc) is 3.32. The van der Waals surface area contributed by atoms with E-state index in [1.165, 1.54) is 16.4 Å². The van der Waals surface area contributed by atoms with Crippen LogP contribution in [0.15, 0.2) is 46.1 Å². The number of hydrogen-bond acceptors (Lipinski definition) is 5. The van der Waals surface area contributed by atoms with Crippen LogP contribution >= 0.6 is 0 Å². The summed E-state index contributed by atoms with van der Waals surface area (Å²) < 4.78 is 31.1. The standard InChI is InChI=1S/C17H21N3O4S/c21-17(18-9-3-4-14-12-19-24-13-14)15-5-7-16(8-6-15)25(22,23)20-10-1-2-11-20/h5-8,12-13H,1-4,9-11H2,(H,18,21). The van der Waals surface area contributed by atoms with Crippen molar-refractivity contribution in [2.24, 2.45) is 0 Å². The van der Waals surface area contributed by atoms with Crippen LogP contribution in [0.1, 0.15) is 35.2 Å². The fourth-order valence-electron chi connectivity index (χ4n) is 2.80. The molecule has 1 aliphatic rings. The van der Waals surface area contributed by atoms with E-state index < -0.39 is 10.0 Å². The maximum atomic E-state index is 12.5. The minimum atomic E-state index is -3.44. The molecule has 1 aromatic carbocycles. The lowest BCUT2D eigenvalue weighted by Crippen LogP contribution is -2.28. The predicted octanol–water partition coefficient (Wildman–Crippen LogP) is 1.82. The third-order valence-corrected chi connectivity index (χ3v) is 6.14. The van der Waals surface area contributed by atoms with Gasteiger partial charge in [-0.3, -0.25) is 4.79 Å². The number of nitrogens with one attached hydrogen (secondary N) is 1. The van der Waals surface area contributed by atoms with Gasteiger partial charge in [-0.2, -0.15) is 4.31 Å². The van der Waals surface area contributed by atoms with E-state index in [0.29, 0.717) is 25.2 Å². The fourth-order valence-corrected chi connectivity index (χ4v) is 4.32. The Kier molecular flexibility index (Phi) is 5.50. The molecule has 2 aromatic rings. The first-order valence-corrected chi connectivity index (χ1v) is 9.78. The number of aryl methyl sites for hydroxylation is 1. The molecule has 2 heterocycles. The van der Waals surface area contributed by atoms with E-state index in [4.69, 9.17) is 4.52 Å². The number of rotatable bonds is 7. The zero-order valence-electron chi connectivity index (χ0n) is 13.8. The van der Waals surface area contributed by atoms with E-state index in [2.05, 4.69) is 10.5 Å². The molecule has 25 heavy (non-hydrogen) atoms. The van der Waals surface area contributed by atoms with Crippen molar-refractivity contribution in [1.29, 1.82) is 0 Å². The molecule has 1 aliphatic heterocycles. The molecular weight excluding hydrogens is 342 g/mol. The van der Waals surface area contributed by atoms with Gasteiger partial charge in [0.15, 0.2) is 0 Å². The highest BCUT2D eigenvalue weighted by molar-refractivity contribution is 7.89. The summed E-state index contributed by atoms with van der Waals surface area (Å²) in [6.07, 6.45) is 6.58. The number of benzene rings is 1. The van der Waals surface area contributed by atoms with Crippen LogP contribution in [0.3, 0.4) is 0 Å². The van der Waals surface area contributed by atoms with Gasteiger partial charge in [0.05, 0.1) is 11.1 Å². The van der Waals surface area contributed by atoms with Crippen LogP contribution in [-0.2, 0) is 16.4 Å². The van der Waals surface area contributed by atoms with Crippen molar-refractivity contribution < 1.29 is 17.7 Å². The van der Waals surface area contributed by atoms with Crippen LogP contribution in [0.2, 0.25) is 0 Å². The van der Waals surface area contributed by atoms with E-state index in [9.17, 15) is 13.2 Å². The summed E-state index contributed by atoms with van der Waals surface area (Å²) in [5.41, 5.74) is 1.44. The molecule has 1 N–H and O–H groups in total. The van der Waals surface area contributed by atoms with Gasteiger partial charge < -0.3 is 9.84 Å². The third kappa shape index (κ3) is 4.26. The van der Waals surface area contributed by atoms with Gasteiger partial charge >= 0.3 is 0 Å². The highest BCUT2D eigenvalue weighted by atomic mass is 32.2. The van der Waals surface area contributed by atoms with Crippen molar-refractivity contribution in [1.82, 2.24) is 14.8 Å². The molecule has 0 bridgehead atoms. The van der Waals surface area contributed by atoms with Crippen molar-refractivity contribution in [2.75, 3.05) is 19.6 Å². The summed E-state index contributed by atoms with van der Waals surface area (Å²) in [6.45, 7) is 1.66. The summed E-state index contributed by atoms with van der Waals surface area (Å²) in [5, 5.41) is 6.45. The summed E-state index contributed by atoms with van der Waals surface area (Å²) in [7, 11) is -3.44. The lowest BCUT2D eigenvalue weighted by atomic mass is 10.2. The Morgan fingerprint density at radius 3 is 2.56 bits per heavy atom. The molecule has 0 radical (unpaired) electrons. The molecule has 1 fully saturated rings. The molecule has 0 spiro atoms. The summed E-state index contributed by atoms with van der Waals surface area (Å²) in [4.78, 5) is 12.4. The zero-order chi connectivity index (χ0) is 17.7. The van der Waals surface area contributed by atoms with Crippen molar-refractivity contribution in [2.45, 2.75) is 30.6 Å². The van der Waals surface area contributed by atoms with Gasteiger partial charge in [-0.15, -0.1) is 0 Å². The number of sulfonamides is 1.